The first kappa shape index (κ1) is 13.5. The quantitative estimate of drug-likeness (QED) is 0.821. The van der Waals surface area contributed by atoms with E-state index in [-0.39, 0.29) is 0 Å². The van der Waals surface area contributed by atoms with E-state index in [2.05, 4.69) is 45.9 Å². The molecule has 0 radical (unpaired) electrons. The van der Waals surface area contributed by atoms with Crippen LogP contribution in [0.4, 0.5) is 0 Å². The molecule has 1 aromatic carbocycles. The van der Waals surface area contributed by atoms with E-state index < -0.39 is 0 Å². The molecule has 5 heteroatoms. The Labute approximate surface area is 116 Å². The number of nitrogens with zero attached hydrogens (tertiary/aromatic N) is 2. The van der Waals surface area contributed by atoms with E-state index in [1.54, 1.807) is 11.8 Å². The average Bonchev–Trinajstić information content (AvgIpc) is 2.77. The van der Waals surface area contributed by atoms with Gasteiger partial charge in [0.1, 0.15) is 5.82 Å². The van der Waals surface area contributed by atoms with Gasteiger partial charge in [-0.3, -0.25) is 0 Å². The number of aromatic nitrogens is 2. The SMILES string of the molecule is CCCNCc1ccc(Sc2nc(C)ns2)cc1. The van der Waals surface area contributed by atoms with Crippen molar-refractivity contribution in [2.24, 2.45) is 0 Å². The predicted molar refractivity (Wildman–Crippen MR) is 77.2 cm³/mol. The van der Waals surface area contributed by atoms with E-state index in [4.69, 9.17) is 0 Å². The standard InChI is InChI=1S/C13H17N3S2/c1-3-8-14-9-11-4-6-12(7-5-11)17-13-15-10(2)16-18-13/h4-7,14H,3,8-9H2,1-2H3. The van der Waals surface area contributed by atoms with Crippen LogP contribution in [0.2, 0.25) is 0 Å². The molecular formula is C13H17N3S2. The van der Waals surface area contributed by atoms with Crippen LogP contribution in [-0.2, 0) is 6.54 Å². The maximum Gasteiger partial charge on any atom is 0.174 e. The normalized spacial score (nSPS) is 10.8. The van der Waals surface area contributed by atoms with Gasteiger partial charge in [0.25, 0.3) is 0 Å². The van der Waals surface area contributed by atoms with Crippen molar-refractivity contribution in [3.63, 3.8) is 0 Å². The second-order valence-electron chi connectivity index (χ2n) is 4.03. The van der Waals surface area contributed by atoms with Crippen LogP contribution in [0.1, 0.15) is 24.7 Å². The van der Waals surface area contributed by atoms with Crippen LogP contribution in [0.3, 0.4) is 0 Å². The molecule has 0 saturated carbocycles. The molecule has 1 heterocycles. The van der Waals surface area contributed by atoms with Gasteiger partial charge in [0.05, 0.1) is 0 Å². The third-order valence-electron chi connectivity index (χ3n) is 2.39. The summed E-state index contributed by atoms with van der Waals surface area (Å²) in [7, 11) is 0. The van der Waals surface area contributed by atoms with Gasteiger partial charge in [0.15, 0.2) is 4.34 Å². The third-order valence-corrected chi connectivity index (χ3v) is 4.24. The Morgan fingerprint density at radius 1 is 1.28 bits per heavy atom. The Morgan fingerprint density at radius 2 is 2.06 bits per heavy atom. The van der Waals surface area contributed by atoms with Crippen LogP contribution >= 0.6 is 23.3 Å². The zero-order valence-corrected chi connectivity index (χ0v) is 12.3. The number of nitrogens with one attached hydrogen (secondary N) is 1. The third kappa shape index (κ3) is 4.08. The summed E-state index contributed by atoms with van der Waals surface area (Å²) in [6, 6.07) is 8.62. The fraction of sp³-hybridized carbons (Fsp3) is 0.385. The fourth-order valence-electron chi connectivity index (χ4n) is 1.51. The van der Waals surface area contributed by atoms with Crippen molar-refractivity contribution >= 4 is 23.3 Å². The maximum atomic E-state index is 4.35. The molecule has 0 amide bonds. The van der Waals surface area contributed by atoms with E-state index in [0.29, 0.717) is 0 Å². The van der Waals surface area contributed by atoms with Gasteiger partial charge >= 0.3 is 0 Å². The zero-order chi connectivity index (χ0) is 12.8. The van der Waals surface area contributed by atoms with E-state index in [0.717, 1.165) is 23.3 Å². The average molecular weight is 279 g/mol. The molecule has 0 fully saturated rings. The summed E-state index contributed by atoms with van der Waals surface area (Å²) in [5.74, 6) is 0.850. The van der Waals surface area contributed by atoms with Crippen LogP contribution in [0.25, 0.3) is 0 Å². The molecule has 3 nitrogen and oxygen atoms in total. The van der Waals surface area contributed by atoms with Crippen molar-refractivity contribution in [3.8, 4) is 0 Å². The summed E-state index contributed by atoms with van der Waals surface area (Å²) in [5.41, 5.74) is 1.32. The molecule has 1 aromatic heterocycles. The first-order valence-electron chi connectivity index (χ1n) is 6.05. The molecule has 1 N–H and O–H groups in total. The van der Waals surface area contributed by atoms with Gasteiger partial charge < -0.3 is 5.32 Å². The van der Waals surface area contributed by atoms with Gasteiger partial charge in [-0.1, -0.05) is 30.8 Å². The summed E-state index contributed by atoms with van der Waals surface area (Å²) >= 11 is 3.12. The molecule has 0 saturated heterocycles. The minimum Gasteiger partial charge on any atom is -0.313 e. The number of aryl methyl sites for hydroxylation is 1. The van der Waals surface area contributed by atoms with E-state index in [1.807, 2.05) is 6.92 Å². The van der Waals surface area contributed by atoms with Crippen LogP contribution < -0.4 is 5.32 Å². The van der Waals surface area contributed by atoms with Gasteiger partial charge in [-0.05, 0) is 49.1 Å². The highest BCUT2D eigenvalue weighted by Crippen LogP contribution is 2.28. The van der Waals surface area contributed by atoms with E-state index in [9.17, 15) is 0 Å². The van der Waals surface area contributed by atoms with Gasteiger partial charge in [-0.15, -0.1) is 0 Å². The molecule has 0 bridgehead atoms. The Kier molecular flexibility index (Phi) is 5.16. The van der Waals surface area contributed by atoms with Crippen molar-refractivity contribution in [1.29, 1.82) is 0 Å². The summed E-state index contributed by atoms with van der Waals surface area (Å²) < 4.78 is 5.18. The minimum atomic E-state index is 0.850. The molecule has 2 rings (SSSR count). The van der Waals surface area contributed by atoms with Gasteiger partial charge in [-0.2, -0.15) is 4.37 Å². The molecule has 0 aliphatic carbocycles. The van der Waals surface area contributed by atoms with Crippen molar-refractivity contribution in [3.05, 3.63) is 35.7 Å². The molecule has 0 spiro atoms. The molecule has 0 aliphatic rings. The lowest BCUT2D eigenvalue weighted by Gasteiger charge is -2.04. The number of rotatable bonds is 6. The number of hydrogen-bond donors (Lipinski definition) is 1. The second kappa shape index (κ2) is 6.87. The van der Waals surface area contributed by atoms with Crippen LogP contribution in [0.5, 0.6) is 0 Å². The Morgan fingerprint density at radius 3 is 2.67 bits per heavy atom. The van der Waals surface area contributed by atoms with E-state index in [1.165, 1.54) is 28.4 Å². The highest BCUT2D eigenvalue weighted by Gasteiger charge is 2.03. The van der Waals surface area contributed by atoms with Crippen LogP contribution in [0, 0.1) is 6.92 Å². The van der Waals surface area contributed by atoms with E-state index >= 15 is 0 Å². The first-order valence-corrected chi connectivity index (χ1v) is 7.64. The topological polar surface area (TPSA) is 37.8 Å². The van der Waals surface area contributed by atoms with Gasteiger partial charge in [0.2, 0.25) is 0 Å². The molecule has 0 aliphatic heterocycles. The van der Waals surface area contributed by atoms with Crippen LogP contribution in [0.15, 0.2) is 33.5 Å². The van der Waals surface area contributed by atoms with Crippen molar-refractivity contribution in [2.45, 2.75) is 36.0 Å². The second-order valence-corrected chi connectivity index (χ2v) is 6.10. The summed E-state index contributed by atoms with van der Waals surface area (Å²) in [5, 5.41) is 3.40. The van der Waals surface area contributed by atoms with Crippen molar-refractivity contribution in [1.82, 2.24) is 14.7 Å². The summed E-state index contributed by atoms with van der Waals surface area (Å²) in [6.07, 6.45) is 1.17. The lowest BCUT2D eigenvalue weighted by Crippen LogP contribution is -2.13. The lowest BCUT2D eigenvalue weighted by molar-refractivity contribution is 0.675. The monoisotopic (exact) mass is 279 g/mol. The van der Waals surface area contributed by atoms with Crippen molar-refractivity contribution in [2.75, 3.05) is 6.54 Å². The van der Waals surface area contributed by atoms with Crippen molar-refractivity contribution < 1.29 is 0 Å². The lowest BCUT2D eigenvalue weighted by atomic mass is 10.2. The maximum absolute atomic E-state index is 4.35. The largest absolute Gasteiger partial charge is 0.313 e. The molecular weight excluding hydrogens is 262 g/mol. The number of hydrogen-bond acceptors (Lipinski definition) is 5. The van der Waals surface area contributed by atoms with Gasteiger partial charge in [-0.25, -0.2) is 4.98 Å². The Hall–Kier alpha value is -0.910. The number of benzene rings is 1. The zero-order valence-electron chi connectivity index (χ0n) is 10.6. The Bertz CT molecular complexity index is 479. The fourth-order valence-corrected chi connectivity index (χ4v) is 3.13. The molecule has 0 unspecified atom stereocenters. The molecule has 18 heavy (non-hydrogen) atoms. The predicted octanol–water partition coefficient (Wildman–Crippen LogP) is 3.50. The van der Waals surface area contributed by atoms with Crippen LogP contribution in [-0.4, -0.2) is 15.9 Å². The minimum absolute atomic E-state index is 0.850. The summed E-state index contributed by atoms with van der Waals surface area (Å²) in [4.78, 5) is 5.56. The highest BCUT2D eigenvalue weighted by atomic mass is 32.2. The molecule has 96 valence electrons. The van der Waals surface area contributed by atoms with Gasteiger partial charge in [0, 0.05) is 11.4 Å². The smallest absolute Gasteiger partial charge is 0.174 e. The molecule has 0 atom stereocenters. The highest BCUT2D eigenvalue weighted by molar-refractivity contribution is 8.01. The summed E-state index contributed by atoms with van der Waals surface area (Å²) in [6.45, 7) is 6.11. The molecule has 2 aromatic rings. The Balaban J connectivity index is 1.91. The first-order chi connectivity index (χ1) is 8.78.